The number of rotatable bonds is 7. The zero-order chi connectivity index (χ0) is 41.8. The topological polar surface area (TPSA) is 35.2 Å². The van der Waals surface area contributed by atoms with E-state index in [2.05, 4.69) is 234 Å². The van der Waals surface area contributed by atoms with Gasteiger partial charge in [-0.25, -0.2) is 0 Å². The Morgan fingerprint density at radius 2 is 1.22 bits per heavy atom. The molecular formula is C54H52N4OPt. The maximum atomic E-state index is 6.97. The SMILES string of the molecule is CC1CCN(c2cc(C(C)(C)C)ccn2)c2cc(Oc3cc(-n4[c](=[Pt])n(-c5c(-c6ccccc6)cccc5-c5ccccc5)c5ccccc54)cc(C(C)(C)C)c3)ccc21. The monoisotopic (exact) mass is 967 g/mol. The summed E-state index contributed by atoms with van der Waals surface area (Å²) >= 11 is 2.53. The molecule has 0 saturated heterocycles. The standard InChI is InChI=1S/C54H52N4O.Pt/c1-37-28-30-56(51-33-40(27-29-55-51)53(2,3)4)50-35-43(25-26-45(37)50)59-44-32-41(54(5,6)7)31-42(34-44)57-36-58(49-24-15-14-23-48(49)57)52-46(38-17-10-8-11-18-38)21-16-22-47(52)39-19-12-9-13-20-39;/h8-27,29,31-35,37H,28,30H2,1-7H3;. The Labute approximate surface area is 365 Å². The van der Waals surface area contributed by atoms with E-state index < -0.39 is 0 Å². The number of pyridine rings is 1. The van der Waals surface area contributed by atoms with Gasteiger partial charge in [-0.15, -0.1) is 0 Å². The van der Waals surface area contributed by atoms with E-state index in [0.29, 0.717) is 5.92 Å². The Hall–Kier alpha value is -5.77. The Morgan fingerprint density at radius 1 is 0.600 bits per heavy atom. The molecule has 0 saturated carbocycles. The first-order valence-electron chi connectivity index (χ1n) is 21.0. The summed E-state index contributed by atoms with van der Waals surface area (Å²) in [5.74, 6) is 3.03. The minimum atomic E-state index is -0.134. The van der Waals surface area contributed by atoms with Gasteiger partial charge in [0.1, 0.15) is 0 Å². The maximum absolute atomic E-state index is 6.97. The van der Waals surface area contributed by atoms with E-state index in [4.69, 9.17) is 9.72 Å². The summed E-state index contributed by atoms with van der Waals surface area (Å²) in [4.78, 5) is 7.25. The zero-order valence-corrected chi connectivity index (χ0v) is 37.8. The van der Waals surface area contributed by atoms with Crippen LogP contribution in [0.1, 0.15) is 77.5 Å². The van der Waals surface area contributed by atoms with Crippen LogP contribution < -0.4 is 9.64 Å². The van der Waals surface area contributed by atoms with Gasteiger partial charge in [0.2, 0.25) is 0 Å². The molecule has 3 heterocycles. The normalized spacial score (nSPS) is 14.3. The van der Waals surface area contributed by atoms with E-state index in [9.17, 15) is 0 Å². The van der Waals surface area contributed by atoms with E-state index in [1.54, 1.807) is 0 Å². The summed E-state index contributed by atoms with van der Waals surface area (Å²) in [6.07, 6.45) is 3.02. The second kappa shape index (κ2) is 15.7. The zero-order valence-electron chi connectivity index (χ0n) is 35.5. The Bertz CT molecular complexity index is 2860. The van der Waals surface area contributed by atoms with E-state index in [0.717, 1.165) is 62.2 Å². The summed E-state index contributed by atoms with van der Waals surface area (Å²) in [6, 6.07) is 54.6. The van der Waals surface area contributed by atoms with Crippen LogP contribution >= 0.6 is 0 Å². The summed E-state index contributed by atoms with van der Waals surface area (Å²) in [5.41, 5.74) is 14.0. The number of hydrogen-bond donors (Lipinski definition) is 0. The second-order valence-electron chi connectivity index (χ2n) is 18.1. The van der Waals surface area contributed by atoms with Crippen LogP contribution in [-0.4, -0.2) is 20.7 Å². The molecule has 0 fully saturated rings. The van der Waals surface area contributed by atoms with E-state index in [1.807, 2.05) is 6.20 Å². The molecule has 0 spiro atoms. The fraction of sp³-hybridized carbons (Fsp3) is 0.222. The number of fused-ring (bicyclic) bond motifs is 2. The first kappa shape index (κ1) is 39.7. The van der Waals surface area contributed by atoms with Gasteiger partial charge < -0.3 is 0 Å². The van der Waals surface area contributed by atoms with Crippen LogP contribution in [-0.2, 0) is 30.2 Å². The molecule has 6 aromatic carbocycles. The predicted molar refractivity (Wildman–Crippen MR) is 245 cm³/mol. The summed E-state index contributed by atoms with van der Waals surface area (Å²) < 4.78 is 12.9. The van der Waals surface area contributed by atoms with Crippen molar-refractivity contribution in [3.05, 3.63) is 178 Å². The third-order valence-corrected chi connectivity index (χ3v) is 12.9. The van der Waals surface area contributed by atoms with Gasteiger partial charge in [0.05, 0.1) is 0 Å². The fourth-order valence-electron chi connectivity index (χ4n) is 8.50. The van der Waals surface area contributed by atoms with E-state index in [-0.39, 0.29) is 10.8 Å². The van der Waals surface area contributed by atoms with Crippen LogP contribution in [0.15, 0.2) is 158 Å². The van der Waals surface area contributed by atoms with Crippen LogP contribution in [0.5, 0.6) is 11.5 Å². The van der Waals surface area contributed by atoms with Gasteiger partial charge >= 0.3 is 323 Å². The van der Waals surface area contributed by atoms with Gasteiger partial charge in [-0.05, 0) is 17.0 Å². The number of imidazole rings is 1. The van der Waals surface area contributed by atoms with Crippen molar-refractivity contribution < 1.29 is 24.1 Å². The van der Waals surface area contributed by atoms with Crippen LogP contribution in [0, 0.1) is 3.80 Å². The van der Waals surface area contributed by atoms with Crippen molar-refractivity contribution in [1.29, 1.82) is 0 Å². The van der Waals surface area contributed by atoms with Gasteiger partial charge in [-0.2, -0.15) is 0 Å². The average molecular weight is 968 g/mol. The van der Waals surface area contributed by atoms with Crippen molar-refractivity contribution >= 4 is 22.5 Å². The second-order valence-corrected chi connectivity index (χ2v) is 19.1. The number of para-hydroxylation sites is 3. The quantitative estimate of drug-likeness (QED) is 0.160. The van der Waals surface area contributed by atoms with Crippen molar-refractivity contribution in [2.24, 2.45) is 0 Å². The molecule has 1 atom stereocenters. The Morgan fingerprint density at radius 3 is 1.85 bits per heavy atom. The molecule has 0 aliphatic carbocycles. The fourth-order valence-corrected chi connectivity index (χ4v) is 9.60. The molecule has 0 amide bonds. The molecule has 9 rings (SSSR count). The van der Waals surface area contributed by atoms with E-state index in [1.165, 1.54) is 38.9 Å². The van der Waals surface area contributed by atoms with Crippen LogP contribution in [0.3, 0.4) is 0 Å². The van der Waals surface area contributed by atoms with Crippen LogP contribution in [0.2, 0.25) is 0 Å². The predicted octanol–water partition coefficient (Wildman–Crippen LogP) is 14.3. The molecule has 6 heteroatoms. The number of anilines is 2. The molecule has 0 N–H and O–H groups in total. The first-order chi connectivity index (χ1) is 28.8. The van der Waals surface area contributed by atoms with E-state index >= 15 is 0 Å². The Kier molecular flexibility index (Phi) is 10.4. The van der Waals surface area contributed by atoms with Crippen molar-refractivity contribution in [3.63, 3.8) is 0 Å². The minimum absolute atomic E-state index is 0.0297. The molecule has 60 heavy (non-hydrogen) atoms. The van der Waals surface area contributed by atoms with Crippen molar-refractivity contribution in [2.75, 3.05) is 11.4 Å². The third-order valence-electron chi connectivity index (χ3n) is 11.9. The number of benzene rings is 6. The number of aromatic nitrogens is 3. The molecule has 304 valence electrons. The molecule has 5 nitrogen and oxygen atoms in total. The molecule has 1 aliphatic heterocycles. The number of ether oxygens (including phenoxy) is 1. The number of nitrogens with zero attached hydrogens (tertiary/aromatic N) is 4. The molecule has 8 aromatic rings. The van der Waals surface area contributed by atoms with Crippen molar-refractivity contribution in [3.8, 4) is 45.1 Å². The molecule has 0 radical (unpaired) electrons. The molecule has 0 bridgehead atoms. The molecule has 2 aromatic heterocycles. The van der Waals surface area contributed by atoms with Gasteiger partial charge in [0.15, 0.2) is 0 Å². The molecule has 1 aliphatic rings. The summed E-state index contributed by atoms with van der Waals surface area (Å²) in [7, 11) is 0. The summed E-state index contributed by atoms with van der Waals surface area (Å²) in [6.45, 7) is 16.8. The Balaban J connectivity index is 1.20. The number of hydrogen-bond acceptors (Lipinski definition) is 3. The third kappa shape index (κ3) is 7.50. The van der Waals surface area contributed by atoms with Crippen LogP contribution in [0.25, 0.3) is 44.7 Å². The average Bonchev–Trinajstić information content (AvgIpc) is 3.54. The molecule has 1 unspecified atom stereocenters. The van der Waals surface area contributed by atoms with Gasteiger partial charge in [0, 0.05) is 6.20 Å². The molecular weight excluding hydrogens is 916 g/mol. The first-order valence-corrected chi connectivity index (χ1v) is 22.1. The van der Waals surface area contributed by atoms with Gasteiger partial charge in [-0.1, -0.05) is 20.8 Å². The van der Waals surface area contributed by atoms with Crippen molar-refractivity contribution in [2.45, 2.75) is 71.6 Å². The van der Waals surface area contributed by atoms with Crippen molar-refractivity contribution in [1.82, 2.24) is 14.1 Å². The summed E-state index contributed by atoms with van der Waals surface area (Å²) in [5, 5.41) is 0. The van der Waals surface area contributed by atoms with Gasteiger partial charge in [0.25, 0.3) is 0 Å². The van der Waals surface area contributed by atoms with Gasteiger partial charge in [-0.3, -0.25) is 0 Å². The van der Waals surface area contributed by atoms with Crippen LogP contribution in [0.4, 0.5) is 11.5 Å².